The second-order valence-electron chi connectivity index (χ2n) is 7.10. The molecule has 166 valence electrons. The van der Waals surface area contributed by atoms with Crippen LogP contribution in [0.15, 0.2) is 30.4 Å². The monoisotopic (exact) mass is 466 g/mol. The van der Waals surface area contributed by atoms with Crippen molar-refractivity contribution in [2.75, 3.05) is 24.8 Å². The van der Waals surface area contributed by atoms with Crippen LogP contribution in [-0.2, 0) is 19.2 Å². The number of hydrogen-bond donors (Lipinski definition) is 1. The summed E-state index contributed by atoms with van der Waals surface area (Å²) in [7, 11) is -4.03. The Labute approximate surface area is 177 Å². The van der Waals surface area contributed by atoms with Crippen molar-refractivity contribution in [2.24, 2.45) is 5.92 Å². The summed E-state index contributed by atoms with van der Waals surface area (Å²) in [4.78, 5) is 13.3. The first kappa shape index (κ1) is 23.1. The van der Waals surface area contributed by atoms with Gasteiger partial charge < -0.3 is 14.4 Å². The lowest BCUT2D eigenvalue weighted by Crippen LogP contribution is -2.61. The number of anilines is 1. The Morgan fingerprint density at radius 2 is 1.93 bits per heavy atom. The lowest BCUT2D eigenvalue weighted by molar-refractivity contribution is -0.209. The third-order valence-electron chi connectivity index (χ3n) is 4.93. The highest BCUT2D eigenvalue weighted by Crippen LogP contribution is 2.57. The number of benzene rings is 1. The molecule has 0 spiro atoms. The number of amides is 2. The van der Waals surface area contributed by atoms with Crippen LogP contribution in [0.4, 0.5) is 23.7 Å². The van der Waals surface area contributed by atoms with Crippen molar-refractivity contribution < 1.29 is 31.6 Å². The summed E-state index contributed by atoms with van der Waals surface area (Å²) in [5.74, 6) is 0.00397. The highest BCUT2D eigenvalue weighted by atomic mass is 35.5. The molecule has 2 aliphatic rings. The fourth-order valence-electron chi connectivity index (χ4n) is 3.43. The van der Waals surface area contributed by atoms with E-state index in [1.165, 1.54) is 24.3 Å². The van der Waals surface area contributed by atoms with E-state index in [2.05, 4.69) is 5.32 Å². The molecule has 0 aromatic heterocycles. The molecule has 1 aliphatic heterocycles. The van der Waals surface area contributed by atoms with E-state index in [1.807, 2.05) is 0 Å². The Balaban J connectivity index is 2.22. The lowest BCUT2D eigenvalue weighted by atomic mass is 9.84. The van der Waals surface area contributed by atoms with Crippen molar-refractivity contribution in [3.8, 4) is 0 Å². The van der Waals surface area contributed by atoms with Crippen LogP contribution >= 0.6 is 19.2 Å². The molecule has 3 rings (SSSR count). The van der Waals surface area contributed by atoms with Gasteiger partial charge in [0.25, 0.3) is 0 Å². The number of halogens is 4. The Kier molecular flexibility index (Phi) is 6.58. The molecule has 1 saturated carbocycles. The van der Waals surface area contributed by atoms with Crippen LogP contribution in [0.5, 0.6) is 0 Å². The number of nitrogens with one attached hydrogen (secondary N) is 1. The van der Waals surface area contributed by atoms with Gasteiger partial charge in [0.15, 0.2) is 5.54 Å². The van der Waals surface area contributed by atoms with Crippen molar-refractivity contribution in [1.29, 1.82) is 0 Å². The highest BCUT2D eigenvalue weighted by Gasteiger charge is 2.63. The maximum absolute atomic E-state index is 14.8. The van der Waals surface area contributed by atoms with Crippen molar-refractivity contribution in [3.63, 3.8) is 0 Å². The first-order valence-electron chi connectivity index (χ1n) is 9.59. The van der Waals surface area contributed by atoms with E-state index in [0.29, 0.717) is 4.90 Å². The van der Waals surface area contributed by atoms with E-state index in [0.717, 1.165) is 18.9 Å². The average Bonchev–Trinajstić information content (AvgIpc) is 3.46. The van der Waals surface area contributed by atoms with Gasteiger partial charge in [0.05, 0.1) is 13.2 Å². The molecule has 0 radical (unpaired) electrons. The first-order valence-corrected chi connectivity index (χ1v) is 11.7. The van der Waals surface area contributed by atoms with Crippen molar-refractivity contribution >= 4 is 30.9 Å². The van der Waals surface area contributed by atoms with Gasteiger partial charge in [0.1, 0.15) is 6.29 Å². The lowest BCUT2D eigenvalue weighted by Gasteiger charge is -2.47. The molecule has 0 bridgehead atoms. The number of fused-ring (bicyclic) bond motifs is 1. The van der Waals surface area contributed by atoms with Gasteiger partial charge in [-0.05, 0) is 56.9 Å². The SMILES string of the molecule is CCOP(=O)(CN1C(=O)Nc2ccc(Cl)cc2[C@@]1(C=CC1CC1)C(F)(F)F)OCC. The third kappa shape index (κ3) is 4.40. The maximum atomic E-state index is 14.8. The van der Waals surface area contributed by atoms with E-state index in [-0.39, 0.29) is 35.4 Å². The number of hydrogen-bond acceptors (Lipinski definition) is 4. The molecule has 1 aliphatic carbocycles. The summed E-state index contributed by atoms with van der Waals surface area (Å²) in [6, 6.07) is 2.83. The fourth-order valence-corrected chi connectivity index (χ4v) is 5.33. The van der Waals surface area contributed by atoms with Gasteiger partial charge >= 0.3 is 19.8 Å². The molecule has 1 aromatic rings. The molecule has 1 N–H and O–H groups in total. The minimum absolute atomic E-state index is 0.00397. The Morgan fingerprint density at radius 3 is 2.47 bits per heavy atom. The molecule has 0 saturated heterocycles. The second kappa shape index (κ2) is 8.54. The van der Waals surface area contributed by atoms with E-state index in [4.69, 9.17) is 20.6 Å². The van der Waals surface area contributed by atoms with Gasteiger partial charge in [-0.1, -0.05) is 17.7 Å². The molecule has 0 unspecified atom stereocenters. The minimum Gasteiger partial charge on any atom is -0.308 e. The van der Waals surface area contributed by atoms with Crippen molar-refractivity contribution in [2.45, 2.75) is 38.4 Å². The van der Waals surface area contributed by atoms with Gasteiger partial charge in [-0.3, -0.25) is 9.46 Å². The summed E-state index contributed by atoms with van der Waals surface area (Å²) in [6.45, 7) is 2.99. The first-order chi connectivity index (χ1) is 14.1. The number of alkyl halides is 3. The molecule has 30 heavy (non-hydrogen) atoms. The van der Waals surface area contributed by atoms with Gasteiger partial charge in [0.2, 0.25) is 0 Å². The third-order valence-corrected chi connectivity index (χ3v) is 7.10. The van der Waals surface area contributed by atoms with Crippen molar-refractivity contribution in [1.82, 2.24) is 4.90 Å². The summed E-state index contributed by atoms with van der Waals surface area (Å²) in [6.07, 6.45) is -1.83. The van der Waals surface area contributed by atoms with Crippen molar-refractivity contribution in [3.05, 3.63) is 40.9 Å². The zero-order valence-corrected chi connectivity index (χ0v) is 18.2. The molecule has 11 heteroatoms. The van der Waals surface area contributed by atoms with Crippen LogP contribution in [0.25, 0.3) is 0 Å². The second-order valence-corrected chi connectivity index (χ2v) is 9.55. The fraction of sp³-hybridized carbons (Fsp3) is 0.526. The number of carbonyl (C=O) groups is 1. The summed E-state index contributed by atoms with van der Waals surface area (Å²) >= 11 is 6.02. The van der Waals surface area contributed by atoms with Crippen LogP contribution < -0.4 is 5.32 Å². The number of carbonyl (C=O) groups excluding carboxylic acids is 1. The van der Waals surface area contributed by atoms with E-state index in [1.54, 1.807) is 13.8 Å². The van der Waals surface area contributed by atoms with E-state index in [9.17, 15) is 22.5 Å². The largest absolute Gasteiger partial charge is 0.419 e. The van der Waals surface area contributed by atoms with Gasteiger partial charge in [-0.15, -0.1) is 0 Å². The molecule has 2 amide bonds. The zero-order chi connectivity index (χ0) is 22.2. The summed E-state index contributed by atoms with van der Waals surface area (Å²) in [5.41, 5.74) is -3.14. The highest BCUT2D eigenvalue weighted by molar-refractivity contribution is 7.53. The van der Waals surface area contributed by atoms with Gasteiger partial charge in [-0.25, -0.2) is 4.79 Å². The predicted molar refractivity (Wildman–Crippen MR) is 108 cm³/mol. The zero-order valence-electron chi connectivity index (χ0n) is 16.5. The minimum atomic E-state index is -4.93. The number of nitrogens with zero attached hydrogens (tertiary/aromatic N) is 1. The molecule has 1 fully saturated rings. The molecule has 1 heterocycles. The standard InChI is InChI=1S/C19H23ClF3N2O4P/c1-3-28-30(27,29-4-2)12-25-17(26)24-16-8-7-14(20)11-15(16)18(25,19(21,22)23)10-9-13-5-6-13/h7-11,13H,3-6,12H2,1-2H3,(H,24,26)/t18-/m0/s1. The molecular formula is C19H23ClF3N2O4P. The van der Waals surface area contributed by atoms with E-state index < -0.39 is 31.6 Å². The van der Waals surface area contributed by atoms with Crippen LogP contribution in [0, 0.1) is 5.92 Å². The predicted octanol–water partition coefficient (Wildman–Crippen LogP) is 6.13. The number of rotatable bonds is 8. The Hall–Kier alpha value is -1.54. The Bertz CT molecular complexity index is 881. The average molecular weight is 467 g/mol. The maximum Gasteiger partial charge on any atom is 0.419 e. The quantitative estimate of drug-likeness (QED) is 0.369. The molecule has 1 atom stereocenters. The number of urea groups is 1. The molecule has 6 nitrogen and oxygen atoms in total. The van der Waals surface area contributed by atoms with Crippen LogP contribution in [0.1, 0.15) is 32.3 Å². The van der Waals surface area contributed by atoms with E-state index >= 15 is 0 Å². The van der Waals surface area contributed by atoms with Crippen LogP contribution in [0.3, 0.4) is 0 Å². The van der Waals surface area contributed by atoms with Crippen LogP contribution in [0.2, 0.25) is 5.02 Å². The summed E-state index contributed by atoms with van der Waals surface area (Å²) in [5, 5.41) is 2.52. The summed E-state index contributed by atoms with van der Waals surface area (Å²) < 4.78 is 67.7. The Morgan fingerprint density at radius 1 is 1.30 bits per heavy atom. The van der Waals surface area contributed by atoms with Gasteiger partial charge in [-0.2, -0.15) is 13.2 Å². The molecule has 1 aromatic carbocycles. The number of allylic oxidation sites excluding steroid dienone is 1. The van der Waals surface area contributed by atoms with Gasteiger partial charge in [0, 0.05) is 16.3 Å². The normalized spacial score (nSPS) is 22.3. The smallest absolute Gasteiger partial charge is 0.308 e. The topological polar surface area (TPSA) is 67.9 Å². The van der Waals surface area contributed by atoms with Crippen LogP contribution in [-0.4, -0.2) is 36.6 Å². The molecular weight excluding hydrogens is 444 g/mol.